The van der Waals surface area contributed by atoms with Gasteiger partial charge in [0.1, 0.15) is 5.75 Å². The van der Waals surface area contributed by atoms with Gasteiger partial charge in [0.25, 0.3) is 5.56 Å². The fraction of sp³-hybridized carbons (Fsp3) is 0.318. The second-order valence-corrected chi connectivity index (χ2v) is 7.28. The van der Waals surface area contributed by atoms with Gasteiger partial charge in [0.15, 0.2) is 0 Å². The molecule has 0 atom stereocenters. The highest BCUT2D eigenvalue weighted by molar-refractivity contribution is 5.86. The van der Waals surface area contributed by atoms with Crippen molar-refractivity contribution in [1.82, 2.24) is 9.88 Å². The first-order valence-corrected chi connectivity index (χ1v) is 9.28. The quantitative estimate of drug-likeness (QED) is 0.748. The lowest BCUT2D eigenvalue weighted by Crippen LogP contribution is -2.35. The van der Waals surface area contributed by atoms with E-state index in [1.54, 1.807) is 6.07 Å². The van der Waals surface area contributed by atoms with E-state index in [9.17, 15) is 9.90 Å². The molecule has 1 aliphatic heterocycles. The summed E-state index contributed by atoms with van der Waals surface area (Å²) in [5.74, 6) is 0.271. The second-order valence-electron chi connectivity index (χ2n) is 7.28. The molecule has 5 heteroatoms. The van der Waals surface area contributed by atoms with E-state index >= 15 is 0 Å². The van der Waals surface area contributed by atoms with Gasteiger partial charge in [0, 0.05) is 36.3 Å². The topological polar surface area (TPSA) is 65.6 Å². The maximum Gasteiger partial charge on any atom is 0.256 e. The molecule has 1 aliphatic rings. The maximum atomic E-state index is 12.7. The lowest BCUT2D eigenvalue weighted by molar-refractivity contribution is 0.0342. The first-order valence-electron chi connectivity index (χ1n) is 9.28. The lowest BCUT2D eigenvalue weighted by Gasteiger charge is -2.26. The maximum absolute atomic E-state index is 12.7. The number of aromatic hydroxyl groups is 1. The Morgan fingerprint density at radius 1 is 1.07 bits per heavy atom. The number of phenolic OH excluding ortho intramolecular Hbond substituents is 1. The Kier molecular flexibility index (Phi) is 4.72. The Balaban J connectivity index is 1.71. The number of fused-ring (bicyclic) bond motifs is 1. The summed E-state index contributed by atoms with van der Waals surface area (Å²) in [5.41, 5.74) is 4.47. The predicted octanol–water partition coefficient (Wildman–Crippen LogP) is 3.35. The van der Waals surface area contributed by atoms with E-state index in [1.165, 1.54) is 0 Å². The Morgan fingerprint density at radius 2 is 1.85 bits per heavy atom. The number of aromatic nitrogens is 1. The number of benzene rings is 2. The molecule has 0 spiro atoms. The van der Waals surface area contributed by atoms with E-state index in [0.29, 0.717) is 5.39 Å². The fourth-order valence-electron chi connectivity index (χ4n) is 3.66. The zero-order chi connectivity index (χ0) is 19.0. The molecule has 1 saturated heterocycles. The Hall–Kier alpha value is -2.63. The van der Waals surface area contributed by atoms with Crippen LogP contribution in [0.4, 0.5) is 0 Å². The number of H-pyrrole nitrogens is 1. The number of aromatic amines is 1. The Bertz CT molecular complexity index is 1050. The molecule has 0 unspecified atom stereocenters. The van der Waals surface area contributed by atoms with Gasteiger partial charge in [0.05, 0.1) is 13.2 Å². The number of rotatable bonds is 3. The normalized spacial score (nSPS) is 15.3. The average Bonchev–Trinajstić information content (AvgIpc) is 2.66. The molecule has 1 fully saturated rings. The van der Waals surface area contributed by atoms with Crippen molar-refractivity contribution >= 4 is 10.8 Å². The van der Waals surface area contributed by atoms with E-state index in [0.717, 1.165) is 66.2 Å². The summed E-state index contributed by atoms with van der Waals surface area (Å²) in [4.78, 5) is 18.1. The highest BCUT2D eigenvalue weighted by atomic mass is 16.5. The first kappa shape index (κ1) is 17.8. The summed E-state index contributed by atoms with van der Waals surface area (Å²) in [6, 6.07) is 11.8. The molecule has 4 rings (SSSR count). The summed E-state index contributed by atoms with van der Waals surface area (Å²) in [6.45, 7) is 8.00. The van der Waals surface area contributed by atoms with Crippen LogP contribution in [0, 0.1) is 13.8 Å². The predicted molar refractivity (Wildman–Crippen MR) is 107 cm³/mol. The van der Waals surface area contributed by atoms with Crippen LogP contribution in [-0.4, -0.2) is 41.3 Å². The number of aryl methyl sites for hydroxylation is 2. The largest absolute Gasteiger partial charge is 0.508 e. The molecule has 2 N–H and O–H groups in total. The van der Waals surface area contributed by atoms with Crippen LogP contribution in [0.5, 0.6) is 5.75 Å². The van der Waals surface area contributed by atoms with Gasteiger partial charge in [-0.05, 0) is 60.2 Å². The molecular formula is C22H24N2O3. The van der Waals surface area contributed by atoms with E-state index < -0.39 is 0 Å². The molecule has 0 radical (unpaired) electrons. The van der Waals surface area contributed by atoms with Gasteiger partial charge < -0.3 is 14.8 Å². The number of hydrogen-bond donors (Lipinski definition) is 2. The van der Waals surface area contributed by atoms with Crippen molar-refractivity contribution < 1.29 is 9.84 Å². The molecule has 0 amide bonds. The number of morpholine rings is 1. The minimum Gasteiger partial charge on any atom is -0.508 e. The van der Waals surface area contributed by atoms with Crippen molar-refractivity contribution in [2.45, 2.75) is 20.4 Å². The van der Waals surface area contributed by atoms with Crippen molar-refractivity contribution in [3.05, 3.63) is 63.4 Å². The number of phenols is 1. The summed E-state index contributed by atoms with van der Waals surface area (Å²) >= 11 is 0. The monoisotopic (exact) mass is 364 g/mol. The van der Waals surface area contributed by atoms with Crippen LogP contribution in [-0.2, 0) is 11.3 Å². The van der Waals surface area contributed by atoms with Crippen LogP contribution < -0.4 is 5.56 Å². The first-order chi connectivity index (χ1) is 13.0. The van der Waals surface area contributed by atoms with Gasteiger partial charge in [-0.25, -0.2) is 0 Å². The minimum absolute atomic E-state index is 0.0866. The highest BCUT2D eigenvalue weighted by Crippen LogP contribution is 2.29. The van der Waals surface area contributed by atoms with Crippen LogP contribution >= 0.6 is 0 Å². The molecule has 0 bridgehead atoms. The van der Waals surface area contributed by atoms with Crippen molar-refractivity contribution in [2.24, 2.45) is 0 Å². The standard InChI is InChI=1S/C22H24N2O3/c1-14-10-21(25)15(2)9-18(14)20-12-17-4-3-16(11-19(17)22(26)23-20)13-24-5-7-27-8-6-24/h3-4,9-12,25H,5-8,13H2,1-2H3,(H,23,26). The molecule has 1 aromatic heterocycles. The summed E-state index contributed by atoms with van der Waals surface area (Å²) in [5, 5.41) is 11.5. The van der Waals surface area contributed by atoms with Gasteiger partial charge in [-0.3, -0.25) is 9.69 Å². The lowest BCUT2D eigenvalue weighted by atomic mass is 9.99. The van der Waals surface area contributed by atoms with E-state index in [2.05, 4.69) is 16.0 Å². The zero-order valence-electron chi connectivity index (χ0n) is 15.7. The second kappa shape index (κ2) is 7.18. The van der Waals surface area contributed by atoms with E-state index in [-0.39, 0.29) is 11.3 Å². The highest BCUT2D eigenvalue weighted by Gasteiger charge is 2.13. The number of ether oxygens (including phenoxy) is 1. The van der Waals surface area contributed by atoms with E-state index in [1.807, 2.05) is 38.1 Å². The third-order valence-electron chi connectivity index (χ3n) is 5.25. The van der Waals surface area contributed by atoms with Crippen molar-refractivity contribution in [3.8, 4) is 17.0 Å². The molecule has 2 aromatic carbocycles. The van der Waals surface area contributed by atoms with E-state index in [4.69, 9.17) is 4.74 Å². The van der Waals surface area contributed by atoms with Crippen LogP contribution in [0.15, 0.2) is 41.2 Å². The summed E-state index contributed by atoms with van der Waals surface area (Å²) in [6.07, 6.45) is 0. The summed E-state index contributed by atoms with van der Waals surface area (Å²) < 4.78 is 5.40. The Morgan fingerprint density at radius 3 is 2.63 bits per heavy atom. The van der Waals surface area contributed by atoms with Gasteiger partial charge in [-0.1, -0.05) is 12.1 Å². The van der Waals surface area contributed by atoms with Gasteiger partial charge in [0.2, 0.25) is 0 Å². The number of nitrogens with one attached hydrogen (secondary N) is 1. The van der Waals surface area contributed by atoms with Crippen molar-refractivity contribution in [3.63, 3.8) is 0 Å². The van der Waals surface area contributed by atoms with Crippen LogP contribution in [0.1, 0.15) is 16.7 Å². The third kappa shape index (κ3) is 3.61. The molecule has 140 valence electrons. The minimum atomic E-state index is -0.0866. The number of hydrogen-bond acceptors (Lipinski definition) is 4. The van der Waals surface area contributed by atoms with Gasteiger partial charge in [-0.15, -0.1) is 0 Å². The smallest absolute Gasteiger partial charge is 0.256 e. The molecule has 2 heterocycles. The number of nitrogens with zero attached hydrogens (tertiary/aromatic N) is 1. The molecular weight excluding hydrogens is 340 g/mol. The molecule has 3 aromatic rings. The molecule has 0 aliphatic carbocycles. The van der Waals surface area contributed by atoms with Gasteiger partial charge in [-0.2, -0.15) is 0 Å². The van der Waals surface area contributed by atoms with Crippen LogP contribution in [0.3, 0.4) is 0 Å². The van der Waals surface area contributed by atoms with Crippen molar-refractivity contribution in [2.75, 3.05) is 26.3 Å². The average molecular weight is 364 g/mol. The van der Waals surface area contributed by atoms with Crippen molar-refractivity contribution in [1.29, 1.82) is 0 Å². The molecule has 27 heavy (non-hydrogen) atoms. The van der Waals surface area contributed by atoms with Gasteiger partial charge >= 0.3 is 0 Å². The molecule has 0 saturated carbocycles. The SMILES string of the molecule is Cc1cc(-c2cc3ccc(CN4CCOCC4)cc3c(=O)[nH]2)c(C)cc1O. The number of pyridine rings is 1. The fourth-order valence-corrected chi connectivity index (χ4v) is 3.66. The third-order valence-corrected chi connectivity index (χ3v) is 5.25. The summed E-state index contributed by atoms with van der Waals surface area (Å²) in [7, 11) is 0. The molecule has 5 nitrogen and oxygen atoms in total. The van der Waals surface area contributed by atoms with Crippen LogP contribution in [0.25, 0.3) is 22.0 Å². The van der Waals surface area contributed by atoms with Crippen LogP contribution in [0.2, 0.25) is 0 Å². The Labute approximate surface area is 158 Å². The zero-order valence-corrected chi connectivity index (χ0v) is 15.7.